The van der Waals surface area contributed by atoms with Gasteiger partial charge in [0.15, 0.2) is 0 Å². The van der Waals surface area contributed by atoms with Crippen molar-refractivity contribution in [2.45, 2.75) is 27.7 Å². The van der Waals surface area contributed by atoms with E-state index in [1.54, 1.807) is 55.6 Å². The van der Waals surface area contributed by atoms with Crippen LogP contribution >= 0.6 is 0 Å². The number of hydrogen-bond donors (Lipinski definition) is 0. The zero-order valence-corrected chi connectivity index (χ0v) is 16.5. The SMILES string of the molecule is Cc1ccncn1.Cc1cnccn1.Cc1cncnc1.Cc1ncccn1. The van der Waals surface area contributed by atoms with E-state index in [1.807, 2.05) is 33.8 Å². The number of nitrogens with zero attached hydrogens (tertiary/aromatic N) is 8. The van der Waals surface area contributed by atoms with Crippen LogP contribution in [0.4, 0.5) is 0 Å². The Morgan fingerprint density at radius 1 is 0.536 bits per heavy atom. The molecular weight excluding hydrogens is 352 g/mol. The summed E-state index contributed by atoms with van der Waals surface area (Å²) >= 11 is 0. The fourth-order valence-electron chi connectivity index (χ4n) is 1.48. The van der Waals surface area contributed by atoms with Crippen molar-refractivity contribution in [3.8, 4) is 0 Å². The Hall–Kier alpha value is -3.68. The summed E-state index contributed by atoms with van der Waals surface area (Å²) in [6.07, 6.45) is 16.8. The molecule has 0 aliphatic heterocycles. The molecule has 4 aromatic rings. The first-order valence-corrected chi connectivity index (χ1v) is 8.48. The van der Waals surface area contributed by atoms with E-state index in [9.17, 15) is 0 Å². The molecule has 144 valence electrons. The molecule has 0 aliphatic carbocycles. The fourth-order valence-corrected chi connectivity index (χ4v) is 1.48. The van der Waals surface area contributed by atoms with Gasteiger partial charge in [-0.15, -0.1) is 0 Å². The van der Waals surface area contributed by atoms with Crippen molar-refractivity contribution >= 4 is 0 Å². The van der Waals surface area contributed by atoms with Crippen molar-refractivity contribution in [3.63, 3.8) is 0 Å². The van der Waals surface area contributed by atoms with E-state index in [2.05, 4.69) is 39.9 Å². The van der Waals surface area contributed by atoms with Gasteiger partial charge in [0.1, 0.15) is 18.5 Å². The average molecular weight is 376 g/mol. The Morgan fingerprint density at radius 3 is 1.54 bits per heavy atom. The molecule has 0 radical (unpaired) electrons. The maximum atomic E-state index is 3.92. The van der Waals surface area contributed by atoms with Gasteiger partial charge in [-0.1, -0.05) is 0 Å². The van der Waals surface area contributed by atoms with Gasteiger partial charge in [0, 0.05) is 55.3 Å². The van der Waals surface area contributed by atoms with E-state index in [-0.39, 0.29) is 0 Å². The van der Waals surface area contributed by atoms with Gasteiger partial charge < -0.3 is 0 Å². The molecule has 0 aromatic carbocycles. The Balaban J connectivity index is 0.000000187. The van der Waals surface area contributed by atoms with E-state index in [0.717, 1.165) is 22.8 Å². The minimum absolute atomic E-state index is 0.822. The molecule has 8 heteroatoms. The minimum Gasteiger partial charge on any atom is -0.261 e. The van der Waals surface area contributed by atoms with Crippen LogP contribution < -0.4 is 0 Å². The quantitative estimate of drug-likeness (QED) is 0.461. The molecule has 4 aromatic heterocycles. The average Bonchev–Trinajstić information content (AvgIpc) is 2.72. The fraction of sp³-hybridized carbons (Fsp3) is 0.200. The van der Waals surface area contributed by atoms with E-state index in [0.29, 0.717) is 0 Å². The Bertz CT molecular complexity index is 694. The van der Waals surface area contributed by atoms with Gasteiger partial charge in [-0.25, -0.2) is 29.9 Å². The van der Waals surface area contributed by atoms with Crippen molar-refractivity contribution in [1.29, 1.82) is 0 Å². The molecule has 4 rings (SSSR count). The van der Waals surface area contributed by atoms with E-state index >= 15 is 0 Å². The third-order valence-corrected chi connectivity index (χ3v) is 2.81. The Kier molecular flexibility index (Phi) is 11.6. The van der Waals surface area contributed by atoms with Gasteiger partial charge >= 0.3 is 0 Å². The molecule has 0 saturated heterocycles. The van der Waals surface area contributed by atoms with Crippen molar-refractivity contribution < 1.29 is 0 Å². The molecule has 0 amide bonds. The maximum Gasteiger partial charge on any atom is 0.125 e. The molecule has 0 spiro atoms. The lowest BCUT2D eigenvalue weighted by Gasteiger charge is -1.81. The topological polar surface area (TPSA) is 103 Å². The normalized spacial score (nSPS) is 8.71. The summed E-state index contributed by atoms with van der Waals surface area (Å²) in [7, 11) is 0. The number of aryl methyl sites for hydroxylation is 4. The molecule has 0 fully saturated rings. The van der Waals surface area contributed by atoms with Crippen LogP contribution in [0.2, 0.25) is 0 Å². The predicted octanol–water partition coefficient (Wildman–Crippen LogP) is 3.14. The second-order valence-corrected chi connectivity index (χ2v) is 5.41. The number of aromatic nitrogens is 8. The summed E-state index contributed by atoms with van der Waals surface area (Å²) in [6, 6.07) is 3.66. The zero-order valence-electron chi connectivity index (χ0n) is 16.5. The summed E-state index contributed by atoms with van der Waals surface area (Å²) in [5, 5.41) is 0. The maximum absolute atomic E-state index is 3.92. The van der Waals surface area contributed by atoms with Gasteiger partial charge in [-0.05, 0) is 45.4 Å². The molecule has 0 unspecified atom stereocenters. The summed E-state index contributed by atoms with van der Waals surface area (Å²) in [5.74, 6) is 0.822. The van der Waals surface area contributed by atoms with Crippen LogP contribution in [-0.4, -0.2) is 39.9 Å². The van der Waals surface area contributed by atoms with Crippen LogP contribution in [0.1, 0.15) is 22.8 Å². The molecule has 8 nitrogen and oxygen atoms in total. The summed E-state index contributed by atoms with van der Waals surface area (Å²) < 4.78 is 0. The van der Waals surface area contributed by atoms with Gasteiger partial charge in [0.25, 0.3) is 0 Å². The van der Waals surface area contributed by atoms with Crippen LogP contribution in [0.5, 0.6) is 0 Å². The minimum atomic E-state index is 0.822. The summed E-state index contributed by atoms with van der Waals surface area (Å²) in [6.45, 7) is 7.66. The first kappa shape index (κ1) is 22.4. The van der Waals surface area contributed by atoms with Crippen LogP contribution in [0.3, 0.4) is 0 Å². The predicted molar refractivity (Wildman–Crippen MR) is 107 cm³/mol. The van der Waals surface area contributed by atoms with Crippen molar-refractivity contribution in [1.82, 2.24) is 39.9 Å². The lowest BCUT2D eigenvalue weighted by molar-refractivity contribution is 1.05. The highest BCUT2D eigenvalue weighted by Crippen LogP contribution is 1.84. The second kappa shape index (κ2) is 14.5. The smallest absolute Gasteiger partial charge is 0.125 e. The Labute approximate surface area is 165 Å². The molecule has 0 N–H and O–H groups in total. The van der Waals surface area contributed by atoms with Crippen LogP contribution in [0, 0.1) is 27.7 Å². The van der Waals surface area contributed by atoms with Crippen LogP contribution in [0.15, 0.2) is 74.4 Å². The highest BCUT2D eigenvalue weighted by molar-refractivity contribution is 4.97. The lowest BCUT2D eigenvalue weighted by atomic mass is 10.4. The first-order chi connectivity index (χ1) is 13.6. The summed E-state index contributed by atoms with van der Waals surface area (Å²) in [5.41, 5.74) is 3.07. The number of hydrogen-bond acceptors (Lipinski definition) is 8. The molecule has 0 aliphatic rings. The van der Waals surface area contributed by atoms with Crippen molar-refractivity contribution in [2.75, 3.05) is 0 Å². The molecule has 0 saturated carbocycles. The first-order valence-electron chi connectivity index (χ1n) is 8.48. The molecule has 0 bridgehead atoms. The van der Waals surface area contributed by atoms with Gasteiger partial charge in [-0.2, -0.15) is 0 Å². The van der Waals surface area contributed by atoms with E-state index in [1.165, 1.54) is 12.7 Å². The number of rotatable bonds is 0. The standard InChI is InChI=1S/4C5H6N2/c1-5-2-6-4-7-3-5;1-5-4-6-2-3-7-5;1-5-2-3-6-4-7-5;1-5-6-3-2-4-7-5/h4*2-4H,1H3. The second-order valence-electron chi connectivity index (χ2n) is 5.41. The zero-order chi connectivity index (χ0) is 20.5. The van der Waals surface area contributed by atoms with Crippen molar-refractivity contribution in [3.05, 3.63) is 97.1 Å². The summed E-state index contributed by atoms with van der Waals surface area (Å²) in [4.78, 5) is 30.6. The molecule has 0 atom stereocenters. The van der Waals surface area contributed by atoms with Gasteiger partial charge in [0.2, 0.25) is 0 Å². The van der Waals surface area contributed by atoms with Crippen LogP contribution in [0.25, 0.3) is 0 Å². The van der Waals surface area contributed by atoms with E-state index < -0.39 is 0 Å². The largest absolute Gasteiger partial charge is 0.261 e. The Morgan fingerprint density at radius 2 is 1.25 bits per heavy atom. The highest BCUT2D eigenvalue weighted by atomic mass is 14.8. The van der Waals surface area contributed by atoms with E-state index in [4.69, 9.17) is 0 Å². The lowest BCUT2D eigenvalue weighted by Crippen LogP contribution is -1.80. The third-order valence-electron chi connectivity index (χ3n) is 2.81. The van der Waals surface area contributed by atoms with Gasteiger partial charge in [-0.3, -0.25) is 9.97 Å². The highest BCUT2D eigenvalue weighted by Gasteiger charge is 1.76. The van der Waals surface area contributed by atoms with Gasteiger partial charge in [0.05, 0.1) is 5.69 Å². The molecule has 4 heterocycles. The third kappa shape index (κ3) is 12.6. The monoisotopic (exact) mass is 376 g/mol. The molecule has 28 heavy (non-hydrogen) atoms. The van der Waals surface area contributed by atoms with Crippen molar-refractivity contribution in [2.24, 2.45) is 0 Å². The molecular formula is C20H24N8. The van der Waals surface area contributed by atoms with Crippen LogP contribution in [-0.2, 0) is 0 Å².